The van der Waals surface area contributed by atoms with E-state index in [0.717, 1.165) is 25.1 Å². The number of methoxy groups -OCH3 is 2. The van der Waals surface area contributed by atoms with E-state index in [1.807, 2.05) is 6.92 Å². The zero-order chi connectivity index (χ0) is 15.9. The molecule has 1 saturated heterocycles. The fourth-order valence-corrected chi connectivity index (χ4v) is 2.88. The maximum Gasteiger partial charge on any atom is 0.251 e. The van der Waals surface area contributed by atoms with E-state index in [9.17, 15) is 4.79 Å². The minimum absolute atomic E-state index is 0.0830. The van der Waals surface area contributed by atoms with Crippen LogP contribution >= 0.6 is 0 Å². The van der Waals surface area contributed by atoms with Crippen molar-refractivity contribution in [2.75, 3.05) is 33.9 Å². The van der Waals surface area contributed by atoms with Gasteiger partial charge in [0.1, 0.15) is 11.5 Å². The number of benzene rings is 1. The van der Waals surface area contributed by atoms with Crippen LogP contribution in [0.3, 0.4) is 0 Å². The van der Waals surface area contributed by atoms with E-state index in [2.05, 4.69) is 10.6 Å². The van der Waals surface area contributed by atoms with E-state index >= 15 is 0 Å². The van der Waals surface area contributed by atoms with Gasteiger partial charge in [-0.3, -0.25) is 4.79 Å². The number of rotatable bonds is 6. The van der Waals surface area contributed by atoms with Crippen LogP contribution in [0.5, 0.6) is 11.5 Å². The minimum Gasteiger partial charge on any atom is -0.496 e. The Hall–Kier alpha value is -1.75. The number of carbonyl (C=O) groups is 1. The molecule has 5 heteroatoms. The summed E-state index contributed by atoms with van der Waals surface area (Å²) in [5, 5.41) is 6.39. The molecule has 0 spiro atoms. The number of hydrogen-bond acceptors (Lipinski definition) is 4. The Bertz CT molecular complexity index is 486. The molecule has 5 nitrogen and oxygen atoms in total. The lowest BCUT2D eigenvalue weighted by Crippen LogP contribution is -2.33. The Labute approximate surface area is 132 Å². The minimum atomic E-state index is -0.0830. The van der Waals surface area contributed by atoms with Gasteiger partial charge >= 0.3 is 0 Å². The molecule has 0 bridgehead atoms. The predicted octanol–water partition coefficient (Wildman–Crippen LogP) is 2.13. The topological polar surface area (TPSA) is 59.6 Å². The van der Waals surface area contributed by atoms with Crippen LogP contribution in [-0.2, 0) is 0 Å². The quantitative estimate of drug-likeness (QED) is 0.845. The SMILES string of the molecule is COc1cc(C(=O)NCCC2CCCNC2)cc(OC)c1C. The highest BCUT2D eigenvalue weighted by Crippen LogP contribution is 2.29. The summed E-state index contributed by atoms with van der Waals surface area (Å²) < 4.78 is 10.6. The molecule has 22 heavy (non-hydrogen) atoms. The summed E-state index contributed by atoms with van der Waals surface area (Å²) in [4.78, 5) is 12.3. The summed E-state index contributed by atoms with van der Waals surface area (Å²) >= 11 is 0. The number of carbonyl (C=O) groups excluding carboxylic acids is 1. The largest absolute Gasteiger partial charge is 0.496 e. The van der Waals surface area contributed by atoms with Gasteiger partial charge in [-0.05, 0) is 57.3 Å². The molecule has 0 radical (unpaired) electrons. The maximum atomic E-state index is 12.3. The van der Waals surface area contributed by atoms with Gasteiger partial charge in [-0.2, -0.15) is 0 Å². The van der Waals surface area contributed by atoms with Crippen molar-refractivity contribution in [1.29, 1.82) is 0 Å². The van der Waals surface area contributed by atoms with Crippen molar-refractivity contribution in [3.05, 3.63) is 23.3 Å². The van der Waals surface area contributed by atoms with Gasteiger partial charge in [0.05, 0.1) is 14.2 Å². The monoisotopic (exact) mass is 306 g/mol. The molecular weight excluding hydrogens is 280 g/mol. The molecule has 0 aromatic heterocycles. The van der Waals surface area contributed by atoms with Crippen molar-refractivity contribution in [3.8, 4) is 11.5 Å². The molecule has 1 aromatic carbocycles. The van der Waals surface area contributed by atoms with E-state index in [1.54, 1.807) is 26.4 Å². The lowest BCUT2D eigenvalue weighted by molar-refractivity contribution is 0.0950. The molecule has 1 atom stereocenters. The highest BCUT2D eigenvalue weighted by molar-refractivity contribution is 5.95. The van der Waals surface area contributed by atoms with Gasteiger partial charge < -0.3 is 20.1 Å². The van der Waals surface area contributed by atoms with Crippen LogP contribution in [0.15, 0.2) is 12.1 Å². The highest BCUT2D eigenvalue weighted by atomic mass is 16.5. The number of nitrogens with one attached hydrogen (secondary N) is 2. The van der Waals surface area contributed by atoms with Crippen LogP contribution in [-0.4, -0.2) is 39.8 Å². The summed E-state index contributed by atoms with van der Waals surface area (Å²) in [6.45, 7) is 4.78. The van der Waals surface area contributed by atoms with Gasteiger partial charge in [0.15, 0.2) is 0 Å². The van der Waals surface area contributed by atoms with E-state index in [4.69, 9.17) is 9.47 Å². The molecule has 1 amide bonds. The summed E-state index contributed by atoms with van der Waals surface area (Å²) in [5.74, 6) is 1.92. The summed E-state index contributed by atoms with van der Waals surface area (Å²) in [6.07, 6.45) is 3.49. The molecule has 1 aromatic rings. The van der Waals surface area contributed by atoms with E-state index < -0.39 is 0 Å². The smallest absolute Gasteiger partial charge is 0.251 e. The highest BCUT2D eigenvalue weighted by Gasteiger charge is 2.15. The third-order valence-corrected chi connectivity index (χ3v) is 4.25. The predicted molar refractivity (Wildman–Crippen MR) is 86.8 cm³/mol. The van der Waals surface area contributed by atoms with Crippen LogP contribution in [0.4, 0.5) is 0 Å². The van der Waals surface area contributed by atoms with Crippen LogP contribution in [0.1, 0.15) is 35.2 Å². The third-order valence-electron chi connectivity index (χ3n) is 4.25. The third kappa shape index (κ3) is 4.13. The van der Waals surface area contributed by atoms with Crippen molar-refractivity contribution in [2.45, 2.75) is 26.2 Å². The molecule has 2 N–H and O–H groups in total. The van der Waals surface area contributed by atoms with E-state index in [0.29, 0.717) is 29.5 Å². The Morgan fingerprint density at radius 3 is 2.55 bits per heavy atom. The molecule has 1 heterocycles. The zero-order valence-electron chi connectivity index (χ0n) is 13.7. The lowest BCUT2D eigenvalue weighted by atomic mass is 9.96. The van der Waals surface area contributed by atoms with E-state index in [-0.39, 0.29) is 5.91 Å². The molecule has 1 unspecified atom stereocenters. The van der Waals surface area contributed by atoms with Crippen LogP contribution in [0.2, 0.25) is 0 Å². The second kappa shape index (κ2) is 8.03. The van der Waals surface area contributed by atoms with Crippen molar-refractivity contribution >= 4 is 5.91 Å². The Morgan fingerprint density at radius 2 is 2.00 bits per heavy atom. The Morgan fingerprint density at radius 1 is 1.32 bits per heavy atom. The van der Waals surface area contributed by atoms with Crippen LogP contribution in [0.25, 0.3) is 0 Å². The Balaban J connectivity index is 1.94. The van der Waals surface area contributed by atoms with Gasteiger partial charge in [-0.25, -0.2) is 0 Å². The summed E-state index contributed by atoms with van der Waals surface area (Å²) in [6, 6.07) is 3.52. The molecule has 2 rings (SSSR count). The molecule has 0 aliphatic carbocycles. The lowest BCUT2D eigenvalue weighted by Gasteiger charge is -2.22. The number of amides is 1. The Kier molecular flexibility index (Phi) is 6.07. The normalized spacial score (nSPS) is 17.9. The number of hydrogen-bond donors (Lipinski definition) is 2. The standard InChI is InChI=1S/C17H26N2O3/c1-12-15(21-2)9-14(10-16(12)22-3)17(20)19-8-6-13-5-4-7-18-11-13/h9-10,13,18H,4-8,11H2,1-3H3,(H,19,20). The first-order chi connectivity index (χ1) is 10.7. The van der Waals surface area contributed by atoms with Gasteiger partial charge in [0.2, 0.25) is 0 Å². The molecular formula is C17H26N2O3. The van der Waals surface area contributed by atoms with Gasteiger partial charge in [-0.1, -0.05) is 0 Å². The number of piperidine rings is 1. The average molecular weight is 306 g/mol. The first kappa shape index (κ1) is 16.6. The van der Waals surface area contributed by atoms with Crippen molar-refractivity contribution < 1.29 is 14.3 Å². The van der Waals surface area contributed by atoms with Gasteiger partial charge in [0.25, 0.3) is 5.91 Å². The van der Waals surface area contributed by atoms with Crippen molar-refractivity contribution in [3.63, 3.8) is 0 Å². The van der Waals surface area contributed by atoms with Crippen LogP contribution in [0, 0.1) is 12.8 Å². The average Bonchev–Trinajstić information content (AvgIpc) is 2.56. The van der Waals surface area contributed by atoms with Crippen LogP contribution < -0.4 is 20.1 Å². The first-order valence-corrected chi connectivity index (χ1v) is 7.87. The fourth-order valence-electron chi connectivity index (χ4n) is 2.88. The zero-order valence-corrected chi connectivity index (χ0v) is 13.7. The summed E-state index contributed by atoms with van der Waals surface area (Å²) in [7, 11) is 3.19. The molecule has 122 valence electrons. The molecule has 1 aliphatic heterocycles. The van der Waals surface area contributed by atoms with E-state index in [1.165, 1.54) is 12.8 Å². The maximum absolute atomic E-state index is 12.3. The van der Waals surface area contributed by atoms with Crippen molar-refractivity contribution in [2.24, 2.45) is 5.92 Å². The van der Waals surface area contributed by atoms with Gasteiger partial charge in [0, 0.05) is 17.7 Å². The second-order valence-electron chi connectivity index (χ2n) is 5.76. The molecule has 0 saturated carbocycles. The molecule has 1 aliphatic rings. The molecule has 1 fully saturated rings. The summed E-state index contributed by atoms with van der Waals surface area (Å²) in [5.41, 5.74) is 1.47. The second-order valence-corrected chi connectivity index (χ2v) is 5.76. The number of ether oxygens (including phenoxy) is 2. The fraction of sp³-hybridized carbons (Fsp3) is 0.588. The van der Waals surface area contributed by atoms with Gasteiger partial charge in [-0.15, -0.1) is 0 Å². The first-order valence-electron chi connectivity index (χ1n) is 7.87. The van der Waals surface area contributed by atoms with Crippen molar-refractivity contribution in [1.82, 2.24) is 10.6 Å².